The first kappa shape index (κ1) is 17.0. The lowest BCUT2D eigenvalue weighted by atomic mass is 10.2. The van der Waals surface area contributed by atoms with Crippen LogP contribution in [0.4, 0.5) is 5.88 Å². The standard InChI is InChI=1S/C16H15BrClN3O3/c17-14-9-13(24-16(14)21-4-6-23-7-5-21)10-19-20-15(22)11-2-1-3-12(18)8-11/h1-3,8-10H,4-7H2,(H,20,22)/b19-10-. The summed E-state index contributed by atoms with van der Waals surface area (Å²) in [6.07, 6.45) is 1.46. The van der Waals surface area contributed by atoms with Gasteiger partial charge in [-0.2, -0.15) is 5.10 Å². The van der Waals surface area contributed by atoms with Gasteiger partial charge in [-0.05, 0) is 34.1 Å². The molecule has 0 saturated carbocycles. The van der Waals surface area contributed by atoms with Gasteiger partial charge in [0.1, 0.15) is 0 Å². The van der Waals surface area contributed by atoms with Crippen molar-refractivity contribution in [3.63, 3.8) is 0 Å². The van der Waals surface area contributed by atoms with Crippen LogP contribution in [0.2, 0.25) is 5.02 Å². The molecular formula is C16H15BrClN3O3. The molecule has 1 amide bonds. The van der Waals surface area contributed by atoms with E-state index in [4.69, 9.17) is 20.8 Å². The molecule has 2 aromatic rings. The van der Waals surface area contributed by atoms with Crippen LogP contribution in [0.25, 0.3) is 0 Å². The summed E-state index contributed by atoms with van der Waals surface area (Å²) in [6, 6.07) is 8.46. The maximum atomic E-state index is 12.0. The number of benzene rings is 1. The van der Waals surface area contributed by atoms with Crippen LogP contribution in [0.15, 0.2) is 44.3 Å². The summed E-state index contributed by atoms with van der Waals surface area (Å²) in [7, 11) is 0. The molecule has 0 atom stereocenters. The fourth-order valence-corrected chi connectivity index (χ4v) is 3.02. The van der Waals surface area contributed by atoms with Gasteiger partial charge in [-0.15, -0.1) is 0 Å². The fourth-order valence-electron chi connectivity index (χ4n) is 2.27. The van der Waals surface area contributed by atoms with E-state index in [0.29, 0.717) is 29.6 Å². The minimum absolute atomic E-state index is 0.340. The zero-order chi connectivity index (χ0) is 16.9. The third kappa shape index (κ3) is 4.17. The summed E-state index contributed by atoms with van der Waals surface area (Å²) in [5.74, 6) is 0.934. The first-order chi connectivity index (χ1) is 11.6. The molecule has 2 heterocycles. The topological polar surface area (TPSA) is 67.1 Å². The number of amides is 1. The number of hydrogen-bond acceptors (Lipinski definition) is 5. The maximum Gasteiger partial charge on any atom is 0.271 e. The molecular weight excluding hydrogens is 398 g/mol. The molecule has 0 bridgehead atoms. The van der Waals surface area contributed by atoms with Gasteiger partial charge in [-0.25, -0.2) is 5.43 Å². The molecule has 1 aromatic heterocycles. The number of anilines is 1. The monoisotopic (exact) mass is 411 g/mol. The molecule has 0 radical (unpaired) electrons. The van der Waals surface area contributed by atoms with Gasteiger partial charge < -0.3 is 14.1 Å². The van der Waals surface area contributed by atoms with E-state index in [0.717, 1.165) is 23.4 Å². The van der Waals surface area contributed by atoms with Gasteiger partial charge in [0.15, 0.2) is 5.76 Å². The largest absolute Gasteiger partial charge is 0.438 e. The highest BCUT2D eigenvalue weighted by Gasteiger charge is 2.18. The summed E-state index contributed by atoms with van der Waals surface area (Å²) < 4.78 is 11.9. The van der Waals surface area contributed by atoms with Crippen molar-refractivity contribution in [2.75, 3.05) is 31.2 Å². The molecule has 0 aliphatic carbocycles. The molecule has 0 spiro atoms. The van der Waals surface area contributed by atoms with E-state index >= 15 is 0 Å². The summed E-state index contributed by atoms with van der Waals surface area (Å²) in [5, 5.41) is 4.42. The van der Waals surface area contributed by atoms with E-state index in [-0.39, 0.29) is 5.91 Å². The third-order valence-electron chi connectivity index (χ3n) is 3.43. The van der Waals surface area contributed by atoms with E-state index in [2.05, 4.69) is 31.4 Å². The Morgan fingerprint density at radius 3 is 2.88 bits per heavy atom. The Morgan fingerprint density at radius 2 is 2.12 bits per heavy atom. The number of hydrazone groups is 1. The van der Waals surface area contributed by atoms with Crippen LogP contribution in [-0.2, 0) is 4.74 Å². The van der Waals surface area contributed by atoms with Crippen molar-refractivity contribution >= 4 is 45.5 Å². The van der Waals surface area contributed by atoms with Crippen molar-refractivity contribution < 1.29 is 13.9 Å². The lowest BCUT2D eigenvalue weighted by Crippen LogP contribution is -2.36. The minimum atomic E-state index is -0.340. The SMILES string of the molecule is O=C(N/N=C\c1cc(Br)c(N2CCOCC2)o1)c1cccc(Cl)c1. The molecule has 126 valence electrons. The Hall–Kier alpha value is -1.83. The van der Waals surface area contributed by atoms with Crippen molar-refractivity contribution in [2.24, 2.45) is 5.10 Å². The van der Waals surface area contributed by atoms with Crippen molar-refractivity contribution in [2.45, 2.75) is 0 Å². The molecule has 1 fully saturated rings. The Labute approximate surface area is 152 Å². The molecule has 1 saturated heterocycles. The maximum absolute atomic E-state index is 12.0. The minimum Gasteiger partial charge on any atom is -0.438 e. The van der Waals surface area contributed by atoms with E-state index < -0.39 is 0 Å². The second-order valence-corrected chi connectivity index (χ2v) is 6.40. The molecule has 24 heavy (non-hydrogen) atoms. The van der Waals surface area contributed by atoms with Crippen molar-refractivity contribution in [1.82, 2.24) is 5.43 Å². The zero-order valence-electron chi connectivity index (χ0n) is 12.7. The van der Waals surface area contributed by atoms with Gasteiger partial charge in [-0.3, -0.25) is 4.79 Å². The quantitative estimate of drug-likeness (QED) is 0.618. The smallest absolute Gasteiger partial charge is 0.271 e. The highest BCUT2D eigenvalue weighted by atomic mass is 79.9. The normalized spacial score (nSPS) is 15.0. The van der Waals surface area contributed by atoms with Crippen LogP contribution < -0.4 is 10.3 Å². The number of morpholine rings is 1. The molecule has 3 rings (SSSR count). The van der Waals surface area contributed by atoms with E-state index in [1.165, 1.54) is 6.21 Å². The van der Waals surface area contributed by atoms with Gasteiger partial charge in [0.2, 0.25) is 5.88 Å². The number of nitrogens with zero attached hydrogens (tertiary/aromatic N) is 2. The number of rotatable bonds is 4. The van der Waals surface area contributed by atoms with E-state index in [1.807, 2.05) is 0 Å². The predicted molar refractivity (Wildman–Crippen MR) is 96.0 cm³/mol. The van der Waals surface area contributed by atoms with Crippen LogP contribution in [0.3, 0.4) is 0 Å². The number of ether oxygens (including phenoxy) is 1. The third-order valence-corrected chi connectivity index (χ3v) is 4.23. The molecule has 1 aliphatic rings. The summed E-state index contributed by atoms with van der Waals surface area (Å²) in [5.41, 5.74) is 2.89. The van der Waals surface area contributed by atoms with E-state index in [9.17, 15) is 4.79 Å². The molecule has 0 unspecified atom stereocenters. The average Bonchev–Trinajstić information content (AvgIpc) is 2.96. The van der Waals surface area contributed by atoms with Crippen LogP contribution in [0.1, 0.15) is 16.1 Å². The zero-order valence-corrected chi connectivity index (χ0v) is 15.0. The summed E-state index contributed by atoms with van der Waals surface area (Å²) >= 11 is 9.34. The highest BCUT2D eigenvalue weighted by Crippen LogP contribution is 2.30. The molecule has 6 nitrogen and oxygen atoms in total. The molecule has 1 aliphatic heterocycles. The fraction of sp³-hybridized carbons (Fsp3) is 0.250. The number of carbonyl (C=O) groups excluding carboxylic acids is 1. The molecule has 8 heteroatoms. The number of nitrogens with one attached hydrogen (secondary N) is 1. The highest BCUT2D eigenvalue weighted by molar-refractivity contribution is 9.10. The Balaban J connectivity index is 1.63. The predicted octanol–water partition coefficient (Wildman–Crippen LogP) is 3.30. The second kappa shape index (κ2) is 7.83. The van der Waals surface area contributed by atoms with Gasteiger partial charge in [0.25, 0.3) is 5.91 Å². The second-order valence-electron chi connectivity index (χ2n) is 5.11. The van der Waals surface area contributed by atoms with Crippen LogP contribution in [0.5, 0.6) is 0 Å². The van der Waals surface area contributed by atoms with Crippen molar-refractivity contribution in [3.05, 3.63) is 51.2 Å². The lowest BCUT2D eigenvalue weighted by molar-refractivity contribution is 0.0955. The first-order valence-electron chi connectivity index (χ1n) is 7.34. The lowest BCUT2D eigenvalue weighted by Gasteiger charge is -2.26. The summed E-state index contributed by atoms with van der Waals surface area (Å²) in [6.45, 7) is 2.89. The van der Waals surface area contributed by atoms with Gasteiger partial charge in [0.05, 0.1) is 23.9 Å². The Kier molecular flexibility index (Phi) is 5.55. The number of halogens is 2. The molecule has 1 aromatic carbocycles. The first-order valence-corrected chi connectivity index (χ1v) is 8.51. The number of hydrogen-bond donors (Lipinski definition) is 1. The number of carbonyl (C=O) groups is 1. The number of furan rings is 1. The van der Waals surface area contributed by atoms with Gasteiger partial charge in [-0.1, -0.05) is 17.7 Å². The van der Waals surface area contributed by atoms with Crippen molar-refractivity contribution in [3.8, 4) is 0 Å². The van der Waals surface area contributed by atoms with Crippen LogP contribution >= 0.6 is 27.5 Å². The van der Waals surface area contributed by atoms with Gasteiger partial charge in [0, 0.05) is 29.7 Å². The van der Waals surface area contributed by atoms with Crippen LogP contribution in [0, 0.1) is 0 Å². The van der Waals surface area contributed by atoms with Gasteiger partial charge >= 0.3 is 0 Å². The average molecular weight is 413 g/mol. The van der Waals surface area contributed by atoms with Crippen LogP contribution in [-0.4, -0.2) is 38.4 Å². The Bertz CT molecular complexity index is 757. The Morgan fingerprint density at radius 1 is 1.33 bits per heavy atom. The van der Waals surface area contributed by atoms with E-state index in [1.54, 1.807) is 30.3 Å². The summed E-state index contributed by atoms with van der Waals surface area (Å²) in [4.78, 5) is 14.1. The van der Waals surface area contributed by atoms with Crippen molar-refractivity contribution in [1.29, 1.82) is 0 Å². The molecule has 1 N–H and O–H groups in total.